The van der Waals surface area contributed by atoms with Crippen molar-refractivity contribution >= 4 is 11.5 Å². The predicted octanol–water partition coefficient (Wildman–Crippen LogP) is 2.04. The first-order valence-electron chi connectivity index (χ1n) is 7.72. The maximum Gasteiger partial charge on any atom is 0.152 e. The van der Waals surface area contributed by atoms with Crippen LogP contribution in [-0.4, -0.2) is 40.2 Å². The van der Waals surface area contributed by atoms with E-state index in [1.165, 1.54) is 0 Å². The molecule has 0 aliphatic heterocycles. The van der Waals surface area contributed by atoms with Gasteiger partial charge in [0.1, 0.15) is 5.65 Å². The summed E-state index contributed by atoms with van der Waals surface area (Å²) in [7, 11) is 0. The van der Waals surface area contributed by atoms with Crippen LogP contribution in [0.3, 0.4) is 0 Å². The van der Waals surface area contributed by atoms with E-state index in [1.54, 1.807) is 0 Å². The van der Waals surface area contributed by atoms with Gasteiger partial charge in [0.05, 0.1) is 12.3 Å². The van der Waals surface area contributed by atoms with E-state index in [2.05, 4.69) is 35.4 Å². The summed E-state index contributed by atoms with van der Waals surface area (Å²) in [6.45, 7) is 8.85. The van der Waals surface area contributed by atoms with Crippen LogP contribution in [-0.2, 0) is 6.54 Å². The number of hydrogen-bond acceptors (Lipinski definition) is 4. The third-order valence-electron chi connectivity index (χ3n) is 3.45. The van der Waals surface area contributed by atoms with Crippen molar-refractivity contribution in [1.82, 2.24) is 14.7 Å². The number of hydrogen-bond donors (Lipinski definition) is 2. The molecule has 0 fully saturated rings. The minimum absolute atomic E-state index is 0.144. The fourth-order valence-corrected chi connectivity index (χ4v) is 2.47. The lowest BCUT2D eigenvalue weighted by Crippen LogP contribution is -2.30. The Balaban J connectivity index is 2.41. The molecule has 0 bridgehead atoms. The smallest absolute Gasteiger partial charge is 0.152 e. The van der Waals surface area contributed by atoms with Gasteiger partial charge in [0.2, 0.25) is 0 Å². The van der Waals surface area contributed by atoms with E-state index < -0.39 is 0 Å². The standard InChI is InChI=1S/C16H26N4O/c1-4-8-19(10-11-21)16-14(12-17-13(2)3)20-9-6-5-7-15(20)18-16/h5-7,9,13,17,21H,4,8,10-12H2,1-3H3. The molecule has 0 aromatic carbocycles. The highest BCUT2D eigenvalue weighted by Crippen LogP contribution is 2.22. The number of aliphatic hydroxyl groups is 1. The van der Waals surface area contributed by atoms with Crippen molar-refractivity contribution in [3.05, 3.63) is 30.1 Å². The van der Waals surface area contributed by atoms with Gasteiger partial charge in [-0.15, -0.1) is 0 Å². The van der Waals surface area contributed by atoms with Crippen molar-refractivity contribution < 1.29 is 5.11 Å². The van der Waals surface area contributed by atoms with Gasteiger partial charge in [0.15, 0.2) is 5.82 Å². The fraction of sp³-hybridized carbons (Fsp3) is 0.562. The van der Waals surface area contributed by atoms with Gasteiger partial charge in [-0.05, 0) is 18.6 Å². The minimum atomic E-state index is 0.144. The second-order valence-electron chi connectivity index (χ2n) is 5.56. The van der Waals surface area contributed by atoms with Crippen molar-refractivity contribution in [3.8, 4) is 0 Å². The Morgan fingerprint density at radius 1 is 1.33 bits per heavy atom. The number of pyridine rings is 1. The van der Waals surface area contributed by atoms with Gasteiger partial charge < -0.3 is 19.7 Å². The number of rotatable bonds is 8. The normalized spacial score (nSPS) is 11.5. The largest absolute Gasteiger partial charge is 0.395 e. The van der Waals surface area contributed by atoms with E-state index in [1.807, 2.05) is 24.4 Å². The molecule has 116 valence electrons. The van der Waals surface area contributed by atoms with Crippen LogP contribution < -0.4 is 10.2 Å². The molecule has 0 aliphatic rings. The lowest BCUT2D eigenvalue weighted by molar-refractivity contribution is 0.301. The van der Waals surface area contributed by atoms with E-state index >= 15 is 0 Å². The molecule has 0 aliphatic carbocycles. The zero-order valence-corrected chi connectivity index (χ0v) is 13.2. The van der Waals surface area contributed by atoms with E-state index in [0.717, 1.165) is 36.7 Å². The van der Waals surface area contributed by atoms with Crippen molar-refractivity contribution in [2.24, 2.45) is 0 Å². The number of aliphatic hydroxyl groups excluding tert-OH is 1. The Morgan fingerprint density at radius 3 is 2.81 bits per heavy atom. The topological polar surface area (TPSA) is 52.8 Å². The van der Waals surface area contributed by atoms with Crippen LogP contribution in [0.2, 0.25) is 0 Å². The van der Waals surface area contributed by atoms with Gasteiger partial charge in [-0.1, -0.05) is 26.8 Å². The van der Waals surface area contributed by atoms with Gasteiger partial charge in [0.25, 0.3) is 0 Å². The zero-order valence-electron chi connectivity index (χ0n) is 13.2. The van der Waals surface area contributed by atoms with E-state index in [-0.39, 0.29) is 6.61 Å². The number of nitrogens with zero attached hydrogens (tertiary/aromatic N) is 3. The number of fused-ring (bicyclic) bond motifs is 1. The third kappa shape index (κ3) is 3.74. The highest BCUT2D eigenvalue weighted by Gasteiger charge is 2.17. The molecule has 0 amide bonds. The molecule has 2 heterocycles. The fourth-order valence-electron chi connectivity index (χ4n) is 2.47. The molecule has 21 heavy (non-hydrogen) atoms. The molecule has 5 heteroatoms. The van der Waals surface area contributed by atoms with Gasteiger partial charge in [-0.3, -0.25) is 0 Å². The van der Waals surface area contributed by atoms with E-state index in [0.29, 0.717) is 12.6 Å². The Labute approximate surface area is 126 Å². The highest BCUT2D eigenvalue weighted by atomic mass is 16.3. The van der Waals surface area contributed by atoms with Crippen molar-refractivity contribution in [3.63, 3.8) is 0 Å². The van der Waals surface area contributed by atoms with Gasteiger partial charge >= 0.3 is 0 Å². The second-order valence-corrected chi connectivity index (χ2v) is 5.56. The lowest BCUT2D eigenvalue weighted by Gasteiger charge is -2.22. The monoisotopic (exact) mass is 290 g/mol. The molecule has 2 rings (SSSR count). The maximum absolute atomic E-state index is 9.32. The molecule has 2 aromatic heterocycles. The maximum atomic E-state index is 9.32. The number of nitrogens with one attached hydrogen (secondary N) is 1. The average molecular weight is 290 g/mol. The van der Waals surface area contributed by atoms with Crippen LogP contribution in [0, 0.1) is 0 Å². The molecule has 0 radical (unpaired) electrons. The summed E-state index contributed by atoms with van der Waals surface area (Å²) < 4.78 is 2.13. The van der Waals surface area contributed by atoms with Crippen molar-refractivity contribution in [1.29, 1.82) is 0 Å². The molecule has 0 spiro atoms. The quantitative estimate of drug-likeness (QED) is 0.781. The molecule has 2 aromatic rings. The molecular formula is C16H26N4O. The lowest BCUT2D eigenvalue weighted by atomic mass is 10.3. The van der Waals surface area contributed by atoms with Crippen LogP contribution in [0.1, 0.15) is 32.9 Å². The third-order valence-corrected chi connectivity index (χ3v) is 3.45. The first-order chi connectivity index (χ1) is 10.2. The minimum Gasteiger partial charge on any atom is -0.395 e. The van der Waals surface area contributed by atoms with Gasteiger partial charge in [0, 0.05) is 31.9 Å². The van der Waals surface area contributed by atoms with Crippen LogP contribution in [0.4, 0.5) is 5.82 Å². The number of aromatic nitrogens is 2. The van der Waals surface area contributed by atoms with Crippen LogP contribution >= 0.6 is 0 Å². The van der Waals surface area contributed by atoms with Crippen LogP contribution in [0.5, 0.6) is 0 Å². The Bertz CT molecular complexity index is 558. The summed E-state index contributed by atoms with van der Waals surface area (Å²) in [4.78, 5) is 6.94. The molecular weight excluding hydrogens is 264 g/mol. The van der Waals surface area contributed by atoms with Crippen molar-refractivity contribution in [2.75, 3.05) is 24.6 Å². The second kappa shape index (κ2) is 7.43. The summed E-state index contributed by atoms with van der Waals surface area (Å²) in [6, 6.07) is 6.46. The summed E-state index contributed by atoms with van der Waals surface area (Å²) >= 11 is 0. The molecule has 0 saturated carbocycles. The Morgan fingerprint density at radius 2 is 2.14 bits per heavy atom. The summed E-state index contributed by atoms with van der Waals surface area (Å²) in [6.07, 6.45) is 3.08. The Kier molecular flexibility index (Phi) is 5.59. The van der Waals surface area contributed by atoms with Gasteiger partial charge in [-0.2, -0.15) is 0 Å². The van der Waals surface area contributed by atoms with Crippen molar-refractivity contribution in [2.45, 2.75) is 39.8 Å². The summed E-state index contributed by atoms with van der Waals surface area (Å²) in [5, 5.41) is 12.8. The van der Waals surface area contributed by atoms with Crippen LogP contribution in [0.15, 0.2) is 24.4 Å². The first kappa shape index (κ1) is 15.8. The molecule has 0 saturated heterocycles. The number of anilines is 1. The average Bonchev–Trinajstić information content (AvgIpc) is 2.83. The SMILES string of the molecule is CCCN(CCO)c1nc2ccccn2c1CNC(C)C. The zero-order chi connectivity index (χ0) is 15.2. The molecule has 0 atom stereocenters. The van der Waals surface area contributed by atoms with E-state index in [9.17, 15) is 5.11 Å². The van der Waals surface area contributed by atoms with Crippen LogP contribution in [0.25, 0.3) is 5.65 Å². The predicted molar refractivity (Wildman–Crippen MR) is 86.8 cm³/mol. The van der Waals surface area contributed by atoms with Gasteiger partial charge in [-0.25, -0.2) is 4.98 Å². The number of imidazole rings is 1. The first-order valence-corrected chi connectivity index (χ1v) is 7.72. The highest BCUT2D eigenvalue weighted by molar-refractivity contribution is 5.56. The molecule has 0 unspecified atom stereocenters. The molecule has 5 nitrogen and oxygen atoms in total. The van der Waals surface area contributed by atoms with E-state index in [4.69, 9.17) is 4.98 Å². The summed E-state index contributed by atoms with van der Waals surface area (Å²) in [5.74, 6) is 0.977. The Hall–Kier alpha value is -1.59. The summed E-state index contributed by atoms with van der Waals surface area (Å²) in [5.41, 5.74) is 2.10. The molecule has 2 N–H and O–H groups in total.